The van der Waals surface area contributed by atoms with Crippen LogP contribution in [-0.4, -0.2) is 66.6 Å². The molecule has 12 nitrogen and oxygen atoms in total. The zero-order chi connectivity index (χ0) is 22.7. The number of nitrogens with one attached hydrogen (secondary N) is 1. The zero-order valence-electron chi connectivity index (χ0n) is 17.1. The van der Waals surface area contributed by atoms with Gasteiger partial charge in [0.05, 0.1) is 22.9 Å². The van der Waals surface area contributed by atoms with Gasteiger partial charge in [0.25, 0.3) is 5.69 Å². The molecule has 0 spiro atoms. The van der Waals surface area contributed by atoms with Gasteiger partial charge in [-0.05, 0) is 19.1 Å². The second-order valence-corrected chi connectivity index (χ2v) is 7.24. The highest BCUT2D eigenvalue weighted by Crippen LogP contribution is 2.29. The second-order valence-electron chi connectivity index (χ2n) is 7.24. The summed E-state index contributed by atoms with van der Waals surface area (Å²) >= 11 is 0. The van der Waals surface area contributed by atoms with E-state index in [9.17, 15) is 20.0 Å². The predicted molar refractivity (Wildman–Crippen MR) is 116 cm³/mol. The minimum absolute atomic E-state index is 0.0745. The van der Waals surface area contributed by atoms with E-state index in [0.717, 1.165) is 0 Å². The molecular weight excluding hydrogens is 416 g/mol. The van der Waals surface area contributed by atoms with Gasteiger partial charge in [-0.15, -0.1) is 0 Å². The maximum atomic E-state index is 11.5. The van der Waals surface area contributed by atoms with Crippen molar-refractivity contribution in [2.24, 2.45) is 0 Å². The summed E-state index contributed by atoms with van der Waals surface area (Å²) in [7, 11) is 0. The number of hydrogen-bond acceptors (Lipinski definition) is 9. The Labute approximate surface area is 182 Å². The summed E-state index contributed by atoms with van der Waals surface area (Å²) in [4.78, 5) is 42.6. The van der Waals surface area contributed by atoms with Crippen molar-refractivity contribution in [1.29, 1.82) is 0 Å². The van der Waals surface area contributed by atoms with E-state index < -0.39 is 11.0 Å². The third kappa shape index (κ3) is 4.53. The summed E-state index contributed by atoms with van der Waals surface area (Å²) in [6.07, 6.45) is 5.18. The molecule has 2 N–H and O–H groups in total. The third-order valence-electron chi connectivity index (χ3n) is 5.07. The molecule has 12 heteroatoms. The Balaban J connectivity index is 1.65. The fraction of sp³-hybridized carbons (Fsp3) is 0.250. The van der Waals surface area contributed by atoms with Crippen LogP contribution < -0.4 is 10.2 Å². The van der Waals surface area contributed by atoms with Crippen molar-refractivity contribution < 1.29 is 14.8 Å². The van der Waals surface area contributed by atoms with Gasteiger partial charge in [-0.3, -0.25) is 15.1 Å². The van der Waals surface area contributed by atoms with Crippen molar-refractivity contribution in [3.8, 4) is 11.3 Å². The van der Waals surface area contributed by atoms with Crippen LogP contribution in [0.2, 0.25) is 0 Å². The Morgan fingerprint density at radius 3 is 2.72 bits per heavy atom. The molecule has 1 fully saturated rings. The molecule has 0 unspecified atom stereocenters. The van der Waals surface area contributed by atoms with Crippen molar-refractivity contribution >= 4 is 29.2 Å². The van der Waals surface area contributed by atoms with Gasteiger partial charge in [-0.1, -0.05) is 0 Å². The number of pyridine rings is 2. The lowest BCUT2D eigenvalue weighted by molar-refractivity contribution is -0.384. The molecule has 0 bridgehead atoms. The average Bonchev–Trinajstić information content (AvgIpc) is 2.79. The number of carbonyl (C=O) groups is 1. The Morgan fingerprint density at radius 2 is 2.03 bits per heavy atom. The number of aromatic nitrogens is 4. The van der Waals surface area contributed by atoms with Crippen molar-refractivity contribution in [2.45, 2.75) is 13.0 Å². The average molecular weight is 436 g/mol. The van der Waals surface area contributed by atoms with Crippen molar-refractivity contribution in [2.75, 3.05) is 29.9 Å². The van der Waals surface area contributed by atoms with Crippen LogP contribution in [0.4, 0.5) is 27.9 Å². The second kappa shape index (κ2) is 8.79. The summed E-state index contributed by atoms with van der Waals surface area (Å²) < 4.78 is 0. The standard InChI is InChI=1S/C20H20N8O4/c1-13-12-26(20(29)30)6-7-27(13)19-8-14(2-3-23-19)16-9-15(28(31)32)10-17(24-16)25-18-11-21-4-5-22-18/h2-5,8-11,13H,6-7,12H2,1H3,(H,29,30)(H,22,24,25)/t13-/m0/s1. The van der Waals surface area contributed by atoms with Crippen LogP contribution in [-0.2, 0) is 0 Å². The van der Waals surface area contributed by atoms with Crippen molar-refractivity contribution in [3.63, 3.8) is 0 Å². The van der Waals surface area contributed by atoms with Gasteiger partial charge in [0, 0.05) is 55.9 Å². The molecule has 0 saturated carbocycles. The SMILES string of the molecule is C[C@H]1CN(C(=O)O)CCN1c1cc(-c2cc([N+](=O)[O-])cc(Nc3cnccn3)n2)ccn1. The minimum atomic E-state index is -0.942. The van der Waals surface area contributed by atoms with Gasteiger partial charge in [0.1, 0.15) is 17.5 Å². The van der Waals surface area contributed by atoms with Crippen LogP contribution in [0.3, 0.4) is 0 Å². The molecule has 3 aromatic rings. The lowest BCUT2D eigenvalue weighted by Crippen LogP contribution is -2.53. The van der Waals surface area contributed by atoms with E-state index in [1.165, 1.54) is 35.6 Å². The number of rotatable bonds is 5. The maximum absolute atomic E-state index is 11.5. The van der Waals surface area contributed by atoms with Crippen LogP contribution in [0.15, 0.2) is 49.1 Å². The Kier molecular flexibility index (Phi) is 5.75. The maximum Gasteiger partial charge on any atom is 0.407 e. The van der Waals surface area contributed by atoms with Crippen LogP contribution in [0.1, 0.15) is 6.92 Å². The summed E-state index contributed by atoms with van der Waals surface area (Å²) in [5, 5.41) is 23.6. The molecule has 3 aromatic heterocycles. The van der Waals surface area contributed by atoms with E-state index >= 15 is 0 Å². The predicted octanol–water partition coefficient (Wildman–Crippen LogP) is 2.77. The summed E-state index contributed by atoms with van der Waals surface area (Å²) in [5.41, 5.74) is 0.919. The first-order chi connectivity index (χ1) is 15.4. The molecule has 1 atom stereocenters. The number of nitrogens with zero attached hydrogens (tertiary/aromatic N) is 7. The van der Waals surface area contributed by atoms with Gasteiger partial charge in [-0.2, -0.15) is 0 Å². The number of carboxylic acid groups (broad SMARTS) is 1. The highest BCUT2D eigenvalue weighted by atomic mass is 16.6. The minimum Gasteiger partial charge on any atom is -0.465 e. The molecule has 0 aliphatic carbocycles. The molecule has 0 radical (unpaired) electrons. The fourth-order valence-corrected chi connectivity index (χ4v) is 3.53. The van der Waals surface area contributed by atoms with E-state index in [-0.39, 0.29) is 17.5 Å². The zero-order valence-corrected chi connectivity index (χ0v) is 17.1. The van der Waals surface area contributed by atoms with E-state index in [4.69, 9.17) is 0 Å². The topological polar surface area (TPSA) is 151 Å². The summed E-state index contributed by atoms with van der Waals surface area (Å²) in [6, 6.07) is 6.17. The highest BCUT2D eigenvalue weighted by Gasteiger charge is 2.27. The number of nitro groups is 1. The first-order valence-corrected chi connectivity index (χ1v) is 9.81. The molecule has 1 aliphatic heterocycles. The molecule has 164 valence electrons. The van der Waals surface area contributed by atoms with Crippen LogP contribution in [0.25, 0.3) is 11.3 Å². The van der Waals surface area contributed by atoms with Gasteiger partial charge in [-0.25, -0.2) is 19.7 Å². The van der Waals surface area contributed by atoms with Crippen LogP contribution >= 0.6 is 0 Å². The molecule has 4 rings (SSSR count). The molecule has 0 aromatic carbocycles. The van der Waals surface area contributed by atoms with E-state index in [1.54, 1.807) is 18.3 Å². The third-order valence-corrected chi connectivity index (χ3v) is 5.07. The summed E-state index contributed by atoms with van der Waals surface area (Å²) in [6.45, 7) is 3.15. The quantitative estimate of drug-likeness (QED) is 0.451. The van der Waals surface area contributed by atoms with Gasteiger partial charge in [0.15, 0.2) is 0 Å². The highest BCUT2D eigenvalue weighted by molar-refractivity contribution is 5.69. The van der Waals surface area contributed by atoms with Crippen molar-refractivity contribution in [1.82, 2.24) is 24.8 Å². The van der Waals surface area contributed by atoms with E-state index in [2.05, 4.69) is 25.3 Å². The largest absolute Gasteiger partial charge is 0.465 e. The summed E-state index contributed by atoms with van der Waals surface area (Å²) in [5.74, 6) is 1.32. The fourth-order valence-electron chi connectivity index (χ4n) is 3.53. The lowest BCUT2D eigenvalue weighted by Gasteiger charge is -2.39. The smallest absolute Gasteiger partial charge is 0.407 e. The number of anilines is 3. The van der Waals surface area contributed by atoms with Crippen LogP contribution in [0.5, 0.6) is 0 Å². The van der Waals surface area contributed by atoms with E-state index in [0.29, 0.717) is 42.5 Å². The number of hydrogen-bond donors (Lipinski definition) is 2. The Hall–Kier alpha value is -4.35. The first kappa shape index (κ1) is 20.9. The number of piperazine rings is 1. The van der Waals surface area contributed by atoms with Gasteiger partial charge < -0.3 is 20.2 Å². The molecule has 1 amide bonds. The molecular formula is C20H20N8O4. The molecule has 4 heterocycles. The van der Waals surface area contributed by atoms with Crippen molar-refractivity contribution in [3.05, 3.63) is 59.2 Å². The first-order valence-electron chi connectivity index (χ1n) is 9.81. The number of amides is 1. The molecule has 1 aliphatic rings. The van der Waals surface area contributed by atoms with Gasteiger partial charge >= 0.3 is 6.09 Å². The van der Waals surface area contributed by atoms with Crippen LogP contribution in [0, 0.1) is 10.1 Å². The van der Waals surface area contributed by atoms with Gasteiger partial charge in [0.2, 0.25) is 0 Å². The lowest BCUT2D eigenvalue weighted by atomic mass is 10.1. The van der Waals surface area contributed by atoms with E-state index in [1.807, 2.05) is 11.8 Å². The molecule has 32 heavy (non-hydrogen) atoms. The molecule has 1 saturated heterocycles. The Bertz CT molecular complexity index is 1140. The monoisotopic (exact) mass is 436 g/mol. The Morgan fingerprint density at radius 1 is 1.19 bits per heavy atom. The normalized spacial score (nSPS) is 16.0.